The lowest BCUT2D eigenvalue weighted by Crippen LogP contribution is -2.20. The van der Waals surface area contributed by atoms with E-state index in [0.717, 1.165) is 42.6 Å². The standard InChI is InChI=1S/C25H28N4O4/c1-4-13-33-24-21(31-2)14-17(15-22(24)32-3)16-26-27-25(30)23-19-11-8-12-20(19)29(28-23)18-9-6-5-7-10-18/h5-7,9-10,14-16H,4,8,11-13H2,1-3H3,(H,27,30)/b26-16+. The molecule has 1 amide bonds. The second-order valence-corrected chi connectivity index (χ2v) is 7.68. The van der Waals surface area contributed by atoms with E-state index >= 15 is 0 Å². The number of nitrogens with one attached hydrogen (secondary N) is 1. The van der Waals surface area contributed by atoms with Crippen LogP contribution < -0.4 is 19.6 Å². The maximum Gasteiger partial charge on any atom is 0.292 e. The molecule has 0 spiro atoms. The molecule has 1 aliphatic rings. The number of benzene rings is 2. The van der Waals surface area contributed by atoms with Crippen molar-refractivity contribution in [2.75, 3.05) is 20.8 Å². The van der Waals surface area contributed by atoms with Gasteiger partial charge >= 0.3 is 0 Å². The van der Waals surface area contributed by atoms with E-state index in [1.165, 1.54) is 0 Å². The monoisotopic (exact) mass is 448 g/mol. The summed E-state index contributed by atoms with van der Waals surface area (Å²) in [5, 5.41) is 8.74. The molecule has 8 nitrogen and oxygen atoms in total. The highest BCUT2D eigenvalue weighted by Gasteiger charge is 2.26. The van der Waals surface area contributed by atoms with Crippen molar-refractivity contribution in [3.63, 3.8) is 0 Å². The molecule has 1 aromatic heterocycles. The number of hydrazone groups is 1. The van der Waals surface area contributed by atoms with Gasteiger partial charge in [-0.3, -0.25) is 4.79 Å². The summed E-state index contributed by atoms with van der Waals surface area (Å²) in [7, 11) is 3.14. The van der Waals surface area contributed by atoms with Crippen LogP contribution in [0.4, 0.5) is 0 Å². The van der Waals surface area contributed by atoms with E-state index in [-0.39, 0.29) is 5.91 Å². The third kappa shape index (κ3) is 4.69. The van der Waals surface area contributed by atoms with Crippen molar-refractivity contribution in [3.8, 4) is 22.9 Å². The van der Waals surface area contributed by atoms with Crippen LogP contribution in [0.5, 0.6) is 17.2 Å². The number of hydrogen-bond acceptors (Lipinski definition) is 6. The zero-order valence-electron chi connectivity index (χ0n) is 19.1. The van der Waals surface area contributed by atoms with Crippen molar-refractivity contribution in [2.24, 2.45) is 5.10 Å². The highest BCUT2D eigenvalue weighted by molar-refractivity contribution is 5.95. The summed E-state index contributed by atoms with van der Waals surface area (Å²) in [4.78, 5) is 12.9. The molecule has 2 aromatic carbocycles. The molecule has 1 heterocycles. The Balaban J connectivity index is 1.53. The molecule has 0 aliphatic heterocycles. The summed E-state index contributed by atoms with van der Waals surface area (Å²) in [6, 6.07) is 13.4. The van der Waals surface area contributed by atoms with Crippen molar-refractivity contribution in [1.29, 1.82) is 0 Å². The second-order valence-electron chi connectivity index (χ2n) is 7.68. The fourth-order valence-electron chi connectivity index (χ4n) is 3.94. The molecular weight excluding hydrogens is 420 g/mol. The fourth-order valence-corrected chi connectivity index (χ4v) is 3.94. The number of hydrogen-bond donors (Lipinski definition) is 1. The zero-order chi connectivity index (χ0) is 23.2. The maximum atomic E-state index is 12.9. The number of ether oxygens (including phenoxy) is 3. The van der Waals surface area contributed by atoms with E-state index in [1.807, 2.05) is 41.9 Å². The number of nitrogens with zero attached hydrogens (tertiary/aromatic N) is 3. The van der Waals surface area contributed by atoms with E-state index in [1.54, 1.807) is 32.6 Å². The maximum absolute atomic E-state index is 12.9. The molecule has 0 radical (unpaired) electrons. The van der Waals surface area contributed by atoms with Gasteiger partial charge in [0, 0.05) is 16.8 Å². The summed E-state index contributed by atoms with van der Waals surface area (Å²) < 4.78 is 18.5. The third-order valence-corrected chi connectivity index (χ3v) is 5.46. The van der Waals surface area contributed by atoms with Crippen LogP contribution in [-0.2, 0) is 12.8 Å². The van der Waals surface area contributed by atoms with Crippen LogP contribution >= 0.6 is 0 Å². The lowest BCUT2D eigenvalue weighted by Gasteiger charge is -2.14. The molecule has 33 heavy (non-hydrogen) atoms. The molecule has 1 N–H and O–H groups in total. The zero-order valence-corrected chi connectivity index (χ0v) is 19.1. The minimum absolute atomic E-state index is 0.332. The molecule has 0 fully saturated rings. The molecule has 0 saturated carbocycles. The minimum atomic E-state index is -0.332. The quantitative estimate of drug-likeness (QED) is 0.396. The Kier molecular flexibility index (Phi) is 6.92. The molecule has 0 saturated heterocycles. The van der Waals surface area contributed by atoms with Gasteiger partial charge in [0.15, 0.2) is 17.2 Å². The number of fused-ring (bicyclic) bond motifs is 1. The smallest absolute Gasteiger partial charge is 0.292 e. The molecule has 0 bridgehead atoms. The van der Waals surface area contributed by atoms with Crippen LogP contribution in [0.25, 0.3) is 5.69 Å². The van der Waals surface area contributed by atoms with Gasteiger partial charge in [0.1, 0.15) is 0 Å². The van der Waals surface area contributed by atoms with Crippen molar-refractivity contribution in [3.05, 3.63) is 65.0 Å². The number of rotatable bonds is 9. The minimum Gasteiger partial charge on any atom is -0.493 e. The topological polar surface area (TPSA) is 87.0 Å². The second kappa shape index (κ2) is 10.2. The van der Waals surface area contributed by atoms with Crippen molar-refractivity contribution in [2.45, 2.75) is 32.6 Å². The predicted octanol–water partition coefficient (Wildman–Crippen LogP) is 3.93. The number of methoxy groups -OCH3 is 2. The van der Waals surface area contributed by atoms with Crippen molar-refractivity contribution < 1.29 is 19.0 Å². The average molecular weight is 449 g/mol. The molecule has 8 heteroatoms. The Morgan fingerprint density at radius 1 is 1.15 bits per heavy atom. The van der Waals surface area contributed by atoms with Gasteiger partial charge in [-0.15, -0.1) is 0 Å². The van der Waals surface area contributed by atoms with E-state index in [4.69, 9.17) is 14.2 Å². The molecular formula is C25H28N4O4. The molecule has 172 valence electrons. The normalized spacial score (nSPS) is 12.6. The fraction of sp³-hybridized carbons (Fsp3) is 0.320. The Morgan fingerprint density at radius 3 is 2.55 bits per heavy atom. The van der Waals surface area contributed by atoms with Crippen LogP contribution in [0.15, 0.2) is 47.6 Å². The number of amides is 1. The number of carbonyl (C=O) groups excluding carboxylic acids is 1. The summed E-state index contributed by atoms with van der Waals surface area (Å²) in [5.74, 6) is 1.29. The number of para-hydroxylation sites is 1. The SMILES string of the molecule is CCCOc1c(OC)cc(/C=N/NC(=O)c2nn(-c3ccccc3)c3c2CCC3)cc1OC. The molecule has 3 aromatic rings. The number of carbonyl (C=O) groups is 1. The van der Waals surface area contributed by atoms with Gasteiger partial charge < -0.3 is 14.2 Å². The average Bonchev–Trinajstić information content (AvgIpc) is 3.46. The van der Waals surface area contributed by atoms with Crippen LogP contribution in [0.2, 0.25) is 0 Å². The van der Waals surface area contributed by atoms with E-state index in [9.17, 15) is 4.79 Å². The van der Waals surface area contributed by atoms with E-state index in [2.05, 4.69) is 15.6 Å². The van der Waals surface area contributed by atoms with Crippen LogP contribution in [0.3, 0.4) is 0 Å². The highest BCUT2D eigenvalue weighted by atomic mass is 16.5. The summed E-state index contributed by atoms with van der Waals surface area (Å²) in [6.45, 7) is 2.58. The highest BCUT2D eigenvalue weighted by Crippen LogP contribution is 2.38. The Bertz CT molecular complexity index is 1130. The molecule has 0 atom stereocenters. The van der Waals surface area contributed by atoms with Gasteiger partial charge in [0.25, 0.3) is 5.91 Å². The van der Waals surface area contributed by atoms with Crippen LogP contribution in [-0.4, -0.2) is 42.7 Å². The van der Waals surface area contributed by atoms with Crippen LogP contribution in [0.1, 0.15) is 47.1 Å². The number of aromatic nitrogens is 2. The largest absolute Gasteiger partial charge is 0.493 e. The van der Waals surface area contributed by atoms with Gasteiger partial charge in [-0.25, -0.2) is 10.1 Å². The molecule has 4 rings (SSSR count). The lowest BCUT2D eigenvalue weighted by atomic mass is 10.2. The third-order valence-electron chi connectivity index (χ3n) is 5.46. The van der Waals surface area contributed by atoms with Gasteiger partial charge in [-0.05, 0) is 49.9 Å². The summed E-state index contributed by atoms with van der Waals surface area (Å²) in [5.41, 5.74) is 6.76. The molecule has 1 aliphatic carbocycles. The predicted molar refractivity (Wildman–Crippen MR) is 126 cm³/mol. The Labute approximate surface area is 193 Å². The van der Waals surface area contributed by atoms with Gasteiger partial charge in [0.2, 0.25) is 5.75 Å². The first-order valence-electron chi connectivity index (χ1n) is 11.0. The first kappa shape index (κ1) is 22.4. The summed E-state index contributed by atoms with van der Waals surface area (Å²) in [6.07, 6.45) is 5.16. The molecule has 0 unspecified atom stereocenters. The first-order valence-corrected chi connectivity index (χ1v) is 11.0. The van der Waals surface area contributed by atoms with Crippen molar-refractivity contribution in [1.82, 2.24) is 15.2 Å². The van der Waals surface area contributed by atoms with E-state index < -0.39 is 0 Å². The summed E-state index contributed by atoms with van der Waals surface area (Å²) >= 11 is 0. The first-order chi connectivity index (χ1) is 16.2. The van der Waals surface area contributed by atoms with Crippen molar-refractivity contribution >= 4 is 12.1 Å². The van der Waals surface area contributed by atoms with E-state index in [0.29, 0.717) is 35.1 Å². The Morgan fingerprint density at radius 2 is 1.88 bits per heavy atom. The lowest BCUT2D eigenvalue weighted by molar-refractivity contribution is 0.0949. The van der Waals surface area contributed by atoms with Gasteiger partial charge in [0.05, 0.1) is 32.7 Å². The van der Waals surface area contributed by atoms with Gasteiger partial charge in [-0.1, -0.05) is 25.1 Å². The Hall–Kier alpha value is -3.81. The van der Waals surface area contributed by atoms with Gasteiger partial charge in [-0.2, -0.15) is 10.2 Å². The van der Waals surface area contributed by atoms with Crippen LogP contribution in [0, 0.1) is 0 Å².